The number of rotatable bonds is 10. The fourth-order valence-corrected chi connectivity index (χ4v) is 5.48. The van der Waals surface area contributed by atoms with Gasteiger partial charge in [-0.3, -0.25) is 13.9 Å². The van der Waals surface area contributed by atoms with Crippen LogP contribution in [0.4, 0.5) is 10.1 Å². The van der Waals surface area contributed by atoms with Crippen LogP contribution < -0.4 is 9.62 Å². The molecule has 7 nitrogen and oxygen atoms in total. The minimum absolute atomic E-state index is 0.00111. The molecule has 0 heterocycles. The number of halogens is 1. The number of hydrogen-bond acceptors (Lipinski definition) is 4. The van der Waals surface area contributed by atoms with Crippen molar-refractivity contribution in [3.05, 3.63) is 95.3 Å². The maximum atomic E-state index is 13.8. The standard InChI is InChI=1S/C28H32FN3O4S/c1-5-26(28(34)30-4)31(18-22-8-6-7-21(3)17-22)27(33)19-32(24-13-11-23(29)12-14-24)37(35,36)25-15-9-20(2)10-16-25/h6-17,26H,5,18-19H2,1-4H3,(H,30,34). The molecule has 2 amide bonds. The largest absolute Gasteiger partial charge is 0.357 e. The van der Waals surface area contributed by atoms with E-state index in [2.05, 4.69) is 5.32 Å². The van der Waals surface area contributed by atoms with Crippen molar-refractivity contribution in [3.8, 4) is 0 Å². The zero-order valence-electron chi connectivity index (χ0n) is 21.4. The van der Waals surface area contributed by atoms with Crippen LogP contribution in [0.1, 0.15) is 30.0 Å². The third kappa shape index (κ3) is 6.74. The molecule has 9 heteroatoms. The molecule has 3 rings (SSSR count). The molecule has 0 fully saturated rings. The Morgan fingerprint density at radius 2 is 1.59 bits per heavy atom. The molecule has 3 aromatic rings. The van der Waals surface area contributed by atoms with Crippen molar-refractivity contribution in [1.82, 2.24) is 10.2 Å². The summed E-state index contributed by atoms with van der Waals surface area (Å²) in [4.78, 5) is 27.9. The lowest BCUT2D eigenvalue weighted by Crippen LogP contribution is -2.51. The minimum Gasteiger partial charge on any atom is -0.357 e. The van der Waals surface area contributed by atoms with E-state index in [0.29, 0.717) is 6.42 Å². The number of hydrogen-bond donors (Lipinski definition) is 1. The topological polar surface area (TPSA) is 86.8 Å². The Labute approximate surface area is 218 Å². The molecule has 0 spiro atoms. The first-order chi connectivity index (χ1) is 17.6. The third-order valence-corrected chi connectivity index (χ3v) is 7.86. The van der Waals surface area contributed by atoms with Crippen molar-refractivity contribution in [2.45, 2.75) is 44.7 Å². The molecule has 1 atom stereocenters. The molecule has 0 aliphatic rings. The second-order valence-electron chi connectivity index (χ2n) is 8.85. The molecular weight excluding hydrogens is 493 g/mol. The number of anilines is 1. The van der Waals surface area contributed by atoms with Crippen molar-refractivity contribution < 1.29 is 22.4 Å². The van der Waals surface area contributed by atoms with Gasteiger partial charge in [-0.1, -0.05) is 54.4 Å². The van der Waals surface area contributed by atoms with Gasteiger partial charge in [0.1, 0.15) is 18.4 Å². The lowest BCUT2D eigenvalue weighted by atomic mass is 10.1. The lowest BCUT2D eigenvalue weighted by Gasteiger charge is -2.33. The van der Waals surface area contributed by atoms with Gasteiger partial charge in [0, 0.05) is 13.6 Å². The lowest BCUT2D eigenvalue weighted by molar-refractivity contribution is -0.140. The highest BCUT2D eigenvalue weighted by Gasteiger charge is 2.33. The summed E-state index contributed by atoms with van der Waals surface area (Å²) in [5.74, 6) is -1.44. The SMILES string of the molecule is CCC(C(=O)NC)N(Cc1cccc(C)c1)C(=O)CN(c1ccc(F)cc1)S(=O)(=O)c1ccc(C)cc1. The molecule has 37 heavy (non-hydrogen) atoms. The van der Waals surface area contributed by atoms with Gasteiger partial charge in [-0.15, -0.1) is 0 Å². The van der Waals surface area contributed by atoms with Crippen LogP contribution in [0, 0.1) is 19.7 Å². The number of benzene rings is 3. The van der Waals surface area contributed by atoms with Gasteiger partial charge < -0.3 is 10.2 Å². The summed E-state index contributed by atoms with van der Waals surface area (Å²) in [5.41, 5.74) is 2.82. The smallest absolute Gasteiger partial charge is 0.264 e. The molecule has 0 bridgehead atoms. The zero-order valence-corrected chi connectivity index (χ0v) is 22.3. The number of sulfonamides is 1. The molecule has 1 unspecified atom stereocenters. The molecule has 0 saturated carbocycles. The van der Waals surface area contributed by atoms with E-state index < -0.39 is 34.3 Å². The summed E-state index contributed by atoms with van der Waals surface area (Å²) < 4.78 is 42.0. The Bertz CT molecular complexity index is 1340. The number of likely N-dealkylation sites (N-methyl/N-ethyl adjacent to an activating group) is 1. The van der Waals surface area contributed by atoms with E-state index in [1.165, 1.54) is 36.2 Å². The predicted molar refractivity (Wildman–Crippen MR) is 142 cm³/mol. The van der Waals surface area contributed by atoms with Crippen LogP contribution >= 0.6 is 0 Å². The maximum absolute atomic E-state index is 13.8. The average molecular weight is 526 g/mol. The van der Waals surface area contributed by atoms with E-state index in [-0.39, 0.29) is 23.0 Å². The first-order valence-electron chi connectivity index (χ1n) is 12.0. The van der Waals surface area contributed by atoms with Crippen LogP contribution in [0.15, 0.2) is 77.7 Å². The second kappa shape index (κ2) is 12.0. The number of nitrogens with zero attached hydrogens (tertiary/aromatic N) is 2. The Balaban J connectivity index is 2.05. The van der Waals surface area contributed by atoms with Crippen molar-refractivity contribution in [2.75, 3.05) is 17.9 Å². The average Bonchev–Trinajstić information content (AvgIpc) is 2.87. The van der Waals surface area contributed by atoms with Crippen molar-refractivity contribution in [3.63, 3.8) is 0 Å². The summed E-state index contributed by atoms with van der Waals surface area (Å²) in [5, 5.41) is 2.59. The highest BCUT2D eigenvalue weighted by Crippen LogP contribution is 2.25. The fraction of sp³-hybridized carbons (Fsp3) is 0.286. The predicted octanol–water partition coefficient (Wildman–Crippen LogP) is 4.19. The quantitative estimate of drug-likeness (QED) is 0.430. The van der Waals surface area contributed by atoms with Crippen LogP contribution in [0.25, 0.3) is 0 Å². The van der Waals surface area contributed by atoms with Crippen LogP contribution in [0.5, 0.6) is 0 Å². The van der Waals surface area contributed by atoms with Crippen LogP contribution in [-0.4, -0.2) is 44.8 Å². The van der Waals surface area contributed by atoms with Gasteiger partial charge in [-0.2, -0.15) is 0 Å². The molecule has 196 valence electrons. The number of nitrogens with one attached hydrogen (secondary N) is 1. The van der Waals surface area contributed by atoms with Gasteiger partial charge >= 0.3 is 0 Å². The van der Waals surface area contributed by atoms with Crippen molar-refractivity contribution in [2.24, 2.45) is 0 Å². The third-order valence-electron chi connectivity index (χ3n) is 6.07. The fourth-order valence-electron chi connectivity index (χ4n) is 4.07. The maximum Gasteiger partial charge on any atom is 0.264 e. The summed E-state index contributed by atoms with van der Waals surface area (Å²) in [6.45, 7) is 5.10. The van der Waals surface area contributed by atoms with Crippen LogP contribution in [0.2, 0.25) is 0 Å². The summed E-state index contributed by atoms with van der Waals surface area (Å²) in [7, 11) is -2.69. The molecule has 3 aromatic carbocycles. The Morgan fingerprint density at radius 3 is 2.16 bits per heavy atom. The van der Waals surface area contributed by atoms with Crippen LogP contribution in [0.3, 0.4) is 0 Å². The highest BCUT2D eigenvalue weighted by atomic mass is 32.2. The van der Waals surface area contributed by atoms with Crippen LogP contribution in [-0.2, 0) is 26.2 Å². The molecule has 0 saturated heterocycles. The first-order valence-corrected chi connectivity index (χ1v) is 13.4. The van der Waals surface area contributed by atoms with Crippen molar-refractivity contribution >= 4 is 27.5 Å². The van der Waals surface area contributed by atoms with Gasteiger partial charge in [0.25, 0.3) is 10.0 Å². The minimum atomic E-state index is -4.19. The van der Waals surface area contributed by atoms with Gasteiger partial charge in [0.2, 0.25) is 11.8 Å². The highest BCUT2D eigenvalue weighted by molar-refractivity contribution is 7.92. The summed E-state index contributed by atoms with van der Waals surface area (Å²) in [6.07, 6.45) is 0.332. The van der Waals surface area contributed by atoms with Gasteiger partial charge in [-0.25, -0.2) is 12.8 Å². The van der Waals surface area contributed by atoms with E-state index in [0.717, 1.165) is 33.1 Å². The molecule has 0 radical (unpaired) electrons. The summed E-state index contributed by atoms with van der Waals surface area (Å²) in [6, 6.07) is 17.9. The Morgan fingerprint density at radius 1 is 0.946 bits per heavy atom. The van der Waals surface area contributed by atoms with Crippen molar-refractivity contribution in [1.29, 1.82) is 0 Å². The molecule has 0 aliphatic carbocycles. The number of carbonyl (C=O) groups is 2. The monoisotopic (exact) mass is 525 g/mol. The molecule has 0 aromatic heterocycles. The van der Waals surface area contributed by atoms with E-state index in [1.54, 1.807) is 19.1 Å². The van der Waals surface area contributed by atoms with E-state index in [1.807, 2.05) is 38.1 Å². The number of aryl methyl sites for hydroxylation is 2. The Hall–Kier alpha value is -3.72. The molecule has 0 aliphatic heterocycles. The summed E-state index contributed by atoms with van der Waals surface area (Å²) >= 11 is 0. The Kier molecular flexibility index (Phi) is 9.04. The normalized spacial score (nSPS) is 12.0. The van der Waals surface area contributed by atoms with E-state index in [9.17, 15) is 22.4 Å². The van der Waals surface area contributed by atoms with Gasteiger partial charge in [-0.05, 0) is 62.2 Å². The molecule has 1 N–H and O–H groups in total. The first kappa shape index (κ1) is 27.9. The van der Waals surface area contributed by atoms with Gasteiger partial charge in [0.05, 0.1) is 10.6 Å². The molecular formula is C28H32FN3O4S. The van der Waals surface area contributed by atoms with Gasteiger partial charge in [0.15, 0.2) is 0 Å². The zero-order chi connectivity index (χ0) is 27.2. The van der Waals surface area contributed by atoms with E-state index in [4.69, 9.17) is 0 Å². The number of amides is 2. The number of carbonyl (C=O) groups excluding carboxylic acids is 2. The second-order valence-corrected chi connectivity index (χ2v) is 10.7. The van der Waals surface area contributed by atoms with E-state index >= 15 is 0 Å².